The minimum absolute atomic E-state index is 0.0968. The Morgan fingerprint density at radius 1 is 1.21 bits per heavy atom. The van der Waals surface area contributed by atoms with Crippen molar-refractivity contribution in [1.29, 1.82) is 0 Å². The number of fused-ring (bicyclic) bond motifs is 2. The van der Waals surface area contributed by atoms with E-state index in [1.807, 2.05) is 0 Å². The first kappa shape index (κ1) is 23.5. The lowest BCUT2D eigenvalue weighted by Crippen LogP contribution is -2.25. The molecule has 15 heteroatoms. The van der Waals surface area contributed by atoms with Crippen LogP contribution in [0.1, 0.15) is 28.4 Å². The summed E-state index contributed by atoms with van der Waals surface area (Å²) in [6.07, 6.45) is -8.16. The van der Waals surface area contributed by atoms with E-state index in [0.717, 1.165) is 28.7 Å². The van der Waals surface area contributed by atoms with E-state index in [1.54, 1.807) is 0 Å². The van der Waals surface area contributed by atoms with Crippen molar-refractivity contribution in [3.8, 4) is 11.5 Å². The Kier molecular flexibility index (Phi) is 5.34. The molecule has 0 aliphatic carbocycles. The quantitative estimate of drug-likeness (QED) is 0.484. The standard InChI is InChI=1S/C19H14F5N3O6S/c1-2-34(30,31)16-15(26-14-4-3-10(8-27(14)16)18(20,21)22)25-7-9-5-12-13(6-11(9)17(28)29)33-19(23,24)32-12/h3-6,8,25H,2,7H2,1H3,(H,28,29). The number of hydrogen-bond donors (Lipinski definition) is 2. The van der Waals surface area contributed by atoms with E-state index in [9.17, 15) is 40.3 Å². The molecule has 0 saturated heterocycles. The Morgan fingerprint density at radius 3 is 2.44 bits per heavy atom. The normalized spacial score (nSPS) is 15.0. The number of alkyl halides is 5. The van der Waals surface area contributed by atoms with Gasteiger partial charge in [-0.15, -0.1) is 8.78 Å². The number of aromatic carboxylic acids is 1. The summed E-state index contributed by atoms with van der Waals surface area (Å²) in [5.41, 5.74) is -1.77. The number of carboxylic acid groups (broad SMARTS) is 1. The van der Waals surface area contributed by atoms with E-state index in [1.165, 1.54) is 6.92 Å². The largest absolute Gasteiger partial charge is 0.586 e. The number of aromatic nitrogens is 2. The highest BCUT2D eigenvalue weighted by atomic mass is 32.2. The number of imidazole rings is 1. The SMILES string of the molecule is CCS(=O)(=O)c1c(NCc2cc3c(cc2C(=O)O)OC(F)(F)O3)nc2ccc(C(F)(F)F)cn12. The monoisotopic (exact) mass is 507 g/mol. The van der Waals surface area contributed by atoms with Crippen molar-refractivity contribution >= 4 is 27.3 Å². The van der Waals surface area contributed by atoms with E-state index >= 15 is 0 Å². The average molecular weight is 507 g/mol. The molecule has 1 aromatic carbocycles. The molecule has 0 atom stereocenters. The number of rotatable bonds is 6. The number of carboxylic acids is 1. The Morgan fingerprint density at radius 2 is 1.85 bits per heavy atom. The van der Waals surface area contributed by atoms with Crippen molar-refractivity contribution in [2.45, 2.75) is 31.0 Å². The fourth-order valence-corrected chi connectivity index (χ4v) is 4.43. The van der Waals surface area contributed by atoms with Gasteiger partial charge in [0.05, 0.1) is 16.9 Å². The number of hydrogen-bond acceptors (Lipinski definition) is 7. The number of sulfone groups is 1. The molecule has 1 aliphatic heterocycles. The number of nitrogens with one attached hydrogen (secondary N) is 1. The molecule has 1 aliphatic rings. The van der Waals surface area contributed by atoms with Crippen molar-refractivity contribution in [3.63, 3.8) is 0 Å². The topological polar surface area (TPSA) is 119 Å². The van der Waals surface area contributed by atoms with Gasteiger partial charge in [0.1, 0.15) is 5.65 Å². The van der Waals surface area contributed by atoms with Gasteiger partial charge in [-0.25, -0.2) is 18.2 Å². The Balaban J connectivity index is 1.78. The molecule has 0 saturated carbocycles. The zero-order valence-electron chi connectivity index (χ0n) is 17.0. The highest BCUT2D eigenvalue weighted by Gasteiger charge is 2.44. The minimum Gasteiger partial charge on any atom is -0.478 e. The molecule has 0 amide bonds. The summed E-state index contributed by atoms with van der Waals surface area (Å²) < 4.78 is 101. The lowest BCUT2D eigenvalue weighted by atomic mass is 10.1. The predicted molar refractivity (Wildman–Crippen MR) is 105 cm³/mol. The van der Waals surface area contributed by atoms with Crippen molar-refractivity contribution in [1.82, 2.24) is 9.38 Å². The van der Waals surface area contributed by atoms with Gasteiger partial charge in [0, 0.05) is 12.7 Å². The zero-order chi connectivity index (χ0) is 25.1. The number of benzene rings is 1. The summed E-state index contributed by atoms with van der Waals surface area (Å²) in [7, 11) is -4.12. The molecule has 4 rings (SSSR count). The van der Waals surface area contributed by atoms with Crippen molar-refractivity contribution in [2.24, 2.45) is 0 Å². The van der Waals surface area contributed by atoms with E-state index in [4.69, 9.17) is 0 Å². The maximum atomic E-state index is 13.3. The van der Waals surface area contributed by atoms with Crippen LogP contribution in [0.5, 0.6) is 11.5 Å². The second kappa shape index (κ2) is 7.72. The molecular formula is C19H14F5N3O6S. The van der Waals surface area contributed by atoms with Gasteiger partial charge >= 0.3 is 18.4 Å². The highest BCUT2D eigenvalue weighted by molar-refractivity contribution is 7.91. The van der Waals surface area contributed by atoms with Crippen molar-refractivity contribution < 1.29 is 49.7 Å². The molecule has 0 unspecified atom stereocenters. The van der Waals surface area contributed by atoms with Crippen LogP contribution in [-0.2, 0) is 22.6 Å². The van der Waals surface area contributed by atoms with Gasteiger partial charge in [0.15, 0.2) is 32.2 Å². The molecule has 0 radical (unpaired) electrons. The summed E-state index contributed by atoms with van der Waals surface area (Å²) in [5.74, 6) is -3.26. The summed E-state index contributed by atoms with van der Waals surface area (Å²) in [6, 6.07) is 3.50. The molecular weight excluding hydrogens is 493 g/mol. The van der Waals surface area contributed by atoms with Gasteiger partial charge in [-0.3, -0.25) is 4.40 Å². The molecule has 0 fully saturated rings. The van der Waals surface area contributed by atoms with Crippen LogP contribution in [0, 0.1) is 0 Å². The second-order valence-corrected chi connectivity index (χ2v) is 9.29. The van der Waals surface area contributed by atoms with Crippen LogP contribution in [0.15, 0.2) is 35.5 Å². The van der Waals surface area contributed by atoms with Gasteiger partial charge in [-0.05, 0) is 29.8 Å². The number of pyridine rings is 1. The third kappa shape index (κ3) is 4.18. The van der Waals surface area contributed by atoms with Crippen LogP contribution in [0.3, 0.4) is 0 Å². The molecule has 0 bridgehead atoms. The first-order chi connectivity index (χ1) is 15.7. The summed E-state index contributed by atoms with van der Waals surface area (Å²) >= 11 is 0. The van der Waals surface area contributed by atoms with Crippen LogP contribution in [-0.4, -0.2) is 40.9 Å². The summed E-state index contributed by atoms with van der Waals surface area (Å²) in [6.45, 7) is 0.846. The van der Waals surface area contributed by atoms with Gasteiger partial charge < -0.3 is 19.9 Å². The number of anilines is 1. The number of carbonyl (C=O) groups is 1. The smallest absolute Gasteiger partial charge is 0.478 e. The van der Waals surface area contributed by atoms with Gasteiger partial charge in [0.25, 0.3) is 0 Å². The molecule has 182 valence electrons. The first-order valence-electron chi connectivity index (χ1n) is 9.44. The van der Waals surface area contributed by atoms with Crippen molar-refractivity contribution in [2.75, 3.05) is 11.1 Å². The van der Waals surface area contributed by atoms with Crippen LogP contribution in [0.25, 0.3) is 5.65 Å². The number of nitrogens with zero attached hydrogens (tertiary/aromatic N) is 2. The Labute approximate surface area is 187 Å². The Hall–Kier alpha value is -3.62. The average Bonchev–Trinajstić information content (AvgIpc) is 3.25. The molecule has 9 nitrogen and oxygen atoms in total. The molecule has 2 aromatic heterocycles. The van der Waals surface area contributed by atoms with Crippen molar-refractivity contribution in [3.05, 3.63) is 47.2 Å². The minimum atomic E-state index is -4.75. The zero-order valence-corrected chi connectivity index (χ0v) is 17.8. The highest BCUT2D eigenvalue weighted by Crippen LogP contribution is 2.43. The molecule has 2 N–H and O–H groups in total. The second-order valence-electron chi connectivity index (χ2n) is 7.10. The third-order valence-electron chi connectivity index (χ3n) is 4.88. The first-order valence-corrected chi connectivity index (χ1v) is 11.1. The molecule has 3 heterocycles. The third-order valence-corrected chi connectivity index (χ3v) is 6.62. The fourth-order valence-electron chi connectivity index (χ4n) is 3.30. The fraction of sp³-hybridized carbons (Fsp3) is 0.263. The van der Waals surface area contributed by atoms with E-state index in [-0.39, 0.29) is 17.0 Å². The van der Waals surface area contributed by atoms with Crippen LogP contribution in [0.4, 0.5) is 27.8 Å². The Bertz CT molecular complexity index is 1420. The van der Waals surface area contributed by atoms with Gasteiger partial charge in [0.2, 0.25) is 0 Å². The summed E-state index contributed by atoms with van der Waals surface area (Å²) in [4.78, 5) is 15.6. The van der Waals surface area contributed by atoms with Crippen LogP contribution in [0.2, 0.25) is 0 Å². The lowest BCUT2D eigenvalue weighted by Gasteiger charge is -2.11. The number of halogens is 5. The molecule has 34 heavy (non-hydrogen) atoms. The van der Waals surface area contributed by atoms with Gasteiger partial charge in [-0.1, -0.05) is 6.92 Å². The van der Waals surface area contributed by atoms with Crippen LogP contribution >= 0.6 is 0 Å². The predicted octanol–water partition coefficient (Wildman–Crippen LogP) is 3.78. The lowest BCUT2D eigenvalue weighted by molar-refractivity contribution is -0.286. The maximum absolute atomic E-state index is 13.3. The van der Waals surface area contributed by atoms with E-state index in [2.05, 4.69) is 19.8 Å². The van der Waals surface area contributed by atoms with Crippen LogP contribution < -0.4 is 14.8 Å². The molecule has 3 aromatic rings. The van der Waals surface area contributed by atoms with Gasteiger partial charge in [-0.2, -0.15) is 13.2 Å². The molecule has 0 spiro atoms. The van der Waals surface area contributed by atoms with E-state index < -0.39 is 68.2 Å². The van der Waals surface area contributed by atoms with E-state index in [0.29, 0.717) is 6.20 Å². The number of ether oxygens (including phenoxy) is 2. The summed E-state index contributed by atoms with van der Waals surface area (Å²) in [5, 5.41) is 11.4. The maximum Gasteiger partial charge on any atom is 0.586 e.